The van der Waals surface area contributed by atoms with Gasteiger partial charge in [0.2, 0.25) is 0 Å². The van der Waals surface area contributed by atoms with Gasteiger partial charge in [-0.15, -0.1) is 0 Å². The van der Waals surface area contributed by atoms with E-state index in [0.29, 0.717) is 12.6 Å². The third-order valence-electron chi connectivity index (χ3n) is 2.73. The van der Waals surface area contributed by atoms with Gasteiger partial charge in [-0.2, -0.15) is 13.2 Å². The van der Waals surface area contributed by atoms with Crippen molar-refractivity contribution in [2.75, 3.05) is 13.6 Å². The van der Waals surface area contributed by atoms with E-state index in [-0.39, 0.29) is 12.0 Å². The third-order valence-corrected chi connectivity index (χ3v) is 2.73. The molecule has 0 aliphatic carbocycles. The average Bonchev–Trinajstić information content (AvgIpc) is 2.33. The molecule has 0 fully saturated rings. The average molecular weight is 279 g/mol. The van der Waals surface area contributed by atoms with Crippen LogP contribution in [0.1, 0.15) is 23.7 Å². The van der Waals surface area contributed by atoms with Crippen LogP contribution >= 0.6 is 0 Å². The molecule has 0 radical (unpaired) electrons. The Morgan fingerprint density at radius 3 is 2.37 bits per heavy atom. The molecule has 4 nitrogen and oxygen atoms in total. The first-order chi connectivity index (χ1) is 8.77. The second-order valence-electron chi connectivity index (χ2n) is 4.18. The zero-order valence-corrected chi connectivity index (χ0v) is 10.3. The van der Waals surface area contributed by atoms with Gasteiger partial charge in [0.25, 0.3) is 0 Å². The van der Waals surface area contributed by atoms with E-state index in [4.69, 9.17) is 0 Å². The van der Waals surface area contributed by atoms with Crippen LogP contribution in [0.5, 0.6) is 5.75 Å². The predicted octanol–water partition coefficient (Wildman–Crippen LogP) is 1.41. The molecule has 1 aromatic carbocycles. The van der Waals surface area contributed by atoms with Crippen molar-refractivity contribution in [1.82, 2.24) is 5.32 Å². The normalized spacial score (nSPS) is 15.3. The van der Waals surface area contributed by atoms with E-state index < -0.39 is 29.7 Å². The number of hydrogen-bond donors (Lipinski definition) is 4. The maximum Gasteiger partial charge on any atom is 0.416 e. The SMILES string of the molecule is CNCCC(O)C(O)c1ccc(C(F)(F)F)cc1O. The molecular weight excluding hydrogens is 263 g/mol. The van der Waals surface area contributed by atoms with Crippen LogP contribution < -0.4 is 5.32 Å². The van der Waals surface area contributed by atoms with Gasteiger partial charge in [-0.1, -0.05) is 6.07 Å². The van der Waals surface area contributed by atoms with Crippen molar-refractivity contribution >= 4 is 0 Å². The second kappa shape index (κ2) is 6.23. The summed E-state index contributed by atoms with van der Waals surface area (Å²) in [7, 11) is 1.66. The summed E-state index contributed by atoms with van der Waals surface area (Å²) in [5, 5.41) is 31.7. The number of phenolic OH excluding ortho intramolecular Hbond substituents is 1. The van der Waals surface area contributed by atoms with Crippen molar-refractivity contribution in [3.05, 3.63) is 29.3 Å². The summed E-state index contributed by atoms with van der Waals surface area (Å²) in [6.45, 7) is 0.430. The zero-order valence-electron chi connectivity index (χ0n) is 10.3. The van der Waals surface area contributed by atoms with Crippen LogP contribution in [0.25, 0.3) is 0 Å². The third kappa shape index (κ3) is 4.09. The molecular formula is C12H16F3NO3. The highest BCUT2D eigenvalue weighted by molar-refractivity contribution is 5.39. The molecule has 0 aromatic heterocycles. The van der Waals surface area contributed by atoms with E-state index in [1.165, 1.54) is 0 Å². The quantitative estimate of drug-likeness (QED) is 0.657. The Balaban J connectivity index is 2.90. The minimum atomic E-state index is -4.56. The molecule has 0 amide bonds. The highest BCUT2D eigenvalue weighted by Gasteiger charge is 2.32. The number of nitrogens with one attached hydrogen (secondary N) is 1. The van der Waals surface area contributed by atoms with Crippen LogP contribution in [0.15, 0.2) is 18.2 Å². The lowest BCUT2D eigenvalue weighted by Gasteiger charge is -2.19. The maximum atomic E-state index is 12.4. The Kier molecular flexibility index (Phi) is 5.16. The van der Waals surface area contributed by atoms with Crippen LogP contribution in [-0.2, 0) is 6.18 Å². The maximum absolute atomic E-state index is 12.4. The summed E-state index contributed by atoms with van der Waals surface area (Å²) in [4.78, 5) is 0. The molecule has 0 saturated carbocycles. The van der Waals surface area contributed by atoms with Gasteiger partial charge in [0.15, 0.2) is 0 Å². The van der Waals surface area contributed by atoms with Crippen molar-refractivity contribution < 1.29 is 28.5 Å². The number of aromatic hydroxyl groups is 1. The molecule has 1 rings (SSSR count). The first-order valence-electron chi connectivity index (χ1n) is 5.68. The Hall–Kier alpha value is -1.31. The molecule has 2 unspecified atom stereocenters. The van der Waals surface area contributed by atoms with Gasteiger partial charge < -0.3 is 20.6 Å². The van der Waals surface area contributed by atoms with Gasteiger partial charge in [0, 0.05) is 5.56 Å². The molecule has 0 saturated heterocycles. The fraction of sp³-hybridized carbons (Fsp3) is 0.500. The van der Waals surface area contributed by atoms with Gasteiger partial charge in [-0.3, -0.25) is 0 Å². The van der Waals surface area contributed by atoms with E-state index >= 15 is 0 Å². The van der Waals surface area contributed by atoms with E-state index in [0.717, 1.165) is 12.1 Å². The van der Waals surface area contributed by atoms with Crippen molar-refractivity contribution in [2.45, 2.75) is 24.8 Å². The molecule has 2 atom stereocenters. The van der Waals surface area contributed by atoms with Crippen LogP contribution in [0.2, 0.25) is 0 Å². The van der Waals surface area contributed by atoms with E-state index in [1.54, 1.807) is 7.05 Å². The number of phenols is 1. The lowest BCUT2D eigenvalue weighted by atomic mass is 9.99. The number of benzene rings is 1. The molecule has 7 heteroatoms. The molecule has 0 heterocycles. The molecule has 0 bridgehead atoms. The molecule has 108 valence electrons. The molecule has 1 aromatic rings. The number of rotatable bonds is 5. The summed E-state index contributed by atoms with van der Waals surface area (Å²) in [6.07, 6.45) is -6.96. The minimum Gasteiger partial charge on any atom is -0.508 e. The van der Waals surface area contributed by atoms with E-state index in [1.807, 2.05) is 0 Å². The van der Waals surface area contributed by atoms with Crippen molar-refractivity contribution in [3.63, 3.8) is 0 Å². The van der Waals surface area contributed by atoms with Crippen LogP contribution in [0.4, 0.5) is 13.2 Å². The molecule has 0 aliphatic heterocycles. The van der Waals surface area contributed by atoms with Gasteiger partial charge in [0.05, 0.1) is 11.7 Å². The Labute approximate surface area is 108 Å². The van der Waals surface area contributed by atoms with Gasteiger partial charge in [-0.05, 0) is 32.1 Å². The summed E-state index contributed by atoms with van der Waals surface area (Å²) in [6, 6.07) is 2.25. The first kappa shape index (κ1) is 15.7. The number of hydrogen-bond acceptors (Lipinski definition) is 4. The summed E-state index contributed by atoms with van der Waals surface area (Å²) < 4.78 is 37.2. The van der Waals surface area contributed by atoms with Gasteiger partial charge >= 0.3 is 6.18 Å². The standard InChI is InChI=1S/C12H16F3NO3/c1-16-5-4-9(17)11(19)8-3-2-7(6-10(8)18)12(13,14)15/h2-3,6,9,11,16-19H,4-5H2,1H3. The minimum absolute atomic E-state index is 0.128. The Morgan fingerprint density at radius 2 is 1.89 bits per heavy atom. The largest absolute Gasteiger partial charge is 0.508 e. The van der Waals surface area contributed by atoms with Crippen LogP contribution in [0.3, 0.4) is 0 Å². The van der Waals surface area contributed by atoms with E-state index in [2.05, 4.69) is 5.32 Å². The summed E-state index contributed by atoms with van der Waals surface area (Å²) in [5.41, 5.74) is -1.14. The Morgan fingerprint density at radius 1 is 1.26 bits per heavy atom. The fourth-order valence-electron chi connectivity index (χ4n) is 1.63. The fourth-order valence-corrected chi connectivity index (χ4v) is 1.63. The van der Waals surface area contributed by atoms with Gasteiger partial charge in [0.1, 0.15) is 11.9 Å². The molecule has 19 heavy (non-hydrogen) atoms. The number of alkyl halides is 3. The lowest BCUT2D eigenvalue weighted by molar-refractivity contribution is -0.137. The number of aliphatic hydroxyl groups is 2. The number of aliphatic hydroxyl groups excluding tert-OH is 2. The zero-order chi connectivity index (χ0) is 14.6. The lowest BCUT2D eigenvalue weighted by Crippen LogP contribution is -2.23. The molecule has 0 spiro atoms. The van der Waals surface area contributed by atoms with Crippen LogP contribution in [-0.4, -0.2) is 35.0 Å². The first-order valence-corrected chi connectivity index (χ1v) is 5.68. The monoisotopic (exact) mass is 279 g/mol. The molecule has 4 N–H and O–H groups in total. The van der Waals surface area contributed by atoms with Crippen molar-refractivity contribution in [3.8, 4) is 5.75 Å². The van der Waals surface area contributed by atoms with Crippen molar-refractivity contribution in [2.24, 2.45) is 0 Å². The highest BCUT2D eigenvalue weighted by Crippen LogP contribution is 2.35. The van der Waals surface area contributed by atoms with E-state index in [9.17, 15) is 28.5 Å². The predicted molar refractivity (Wildman–Crippen MR) is 62.6 cm³/mol. The van der Waals surface area contributed by atoms with Gasteiger partial charge in [-0.25, -0.2) is 0 Å². The summed E-state index contributed by atoms with van der Waals surface area (Å²) in [5.74, 6) is -0.689. The van der Waals surface area contributed by atoms with Crippen LogP contribution in [0, 0.1) is 0 Å². The smallest absolute Gasteiger partial charge is 0.416 e. The number of halogens is 3. The topological polar surface area (TPSA) is 72.7 Å². The summed E-state index contributed by atoms with van der Waals surface area (Å²) >= 11 is 0. The molecule has 0 aliphatic rings. The second-order valence-corrected chi connectivity index (χ2v) is 4.18. The highest BCUT2D eigenvalue weighted by atomic mass is 19.4. The Bertz CT molecular complexity index is 423. The van der Waals surface area contributed by atoms with Crippen molar-refractivity contribution in [1.29, 1.82) is 0 Å².